The lowest BCUT2D eigenvalue weighted by atomic mass is 10.00. The van der Waals surface area contributed by atoms with Gasteiger partial charge >= 0.3 is 5.63 Å². The Hall–Kier alpha value is -1.94. The highest BCUT2D eigenvalue weighted by Gasteiger charge is 2.19. The second-order valence-corrected chi connectivity index (χ2v) is 6.21. The fraction of sp³-hybridized carbons (Fsp3) is 0.444. The minimum atomic E-state index is -0.532. The van der Waals surface area contributed by atoms with Gasteiger partial charge in [-0.3, -0.25) is 4.79 Å². The minimum Gasteiger partial charge on any atom is -0.422 e. The molecule has 0 amide bonds. The second-order valence-electron chi connectivity index (χ2n) is 6.21. The van der Waals surface area contributed by atoms with Gasteiger partial charge in [0.05, 0.1) is 0 Å². The molecule has 3 rings (SSSR count). The first-order valence-corrected chi connectivity index (χ1v) is 7.92. The molecule has 4 heteroatoms. The topological polar surface area (TPSA) is 50.5 Å². The third-order valence-electron chi connectivity index (χ3n) is 4.34. The van der Waals surface area contributed by atoms with Gasteiger partial charge in [-0.25, -0.2) is 4.79 Å². The van der Waals surface area contributed by atoms with E-state index in [0.29, 0.717) is 17.9 Å². The van der Waals surface area contributed by atoms with E-state index >= 15 is 0 Å². The van der Waals surface area contributed by atoms with Gasteiger partial charge in [0.1, 0.15) is 11.1 Å². The highest BCUT2D eigenvalue weighted by Crippen LogP contribution is 2.17. The Labute approximate surface area is 129 Å². The molecule has 0 aliphatic carbocycles. The lowest BCUT2D eigenvalue weighted by Crippen LogP contribution is -2.36. The van der Waals surface area contributed by atoms with E-state index in [1.54, 1.807) is 12.1 Å². The summed E-state index contributed by atoms with van der Waals surface area (Å²) in [6, 6.07) is 8.92. The first kappa shape index (κ1) is 15.0. The maximum absolute atomic E-state index is 12.3. The molecule has 0 spiro atoms. The lowest BCUT2D eigenvalue weighted by Gasteiger charge is -2.30. The van der Waals surface area contributed by atoms with Gasteiger partial charge in [0.25, 0.3) is 0 Å². The van der Waals surface area contributed by atoms with Gasteiger partial charge in [0, 0.05) is 24.9 Å². The number of carbonyl (C=O) groups is 1. The zero-order valence-corrected chi connectivity index (χ0v) is 12.9. The van der Waals surface area contributed by atoms with Crippen molar-refractivity contribution in [1.82, 2.24) is 4.90 Å². The summed E-state index contributed by atoms with van der Waals surface area (Å²) in [5.41, 5.74) is 0.161. The van der Waals surface area contributed by atoms with E-state index in [9.17, 15) is 9.59 Å². The third-order valence-corrected chi connectivity index (χ3v) is 4.34. The smallest absolute Gasteiger partial charge is 0.347 e. The van der Waals surface area contributed by atoms with Gasteiger partial charge in [-0.05, 0) is 37.4 Å². The minimum absolute atomic E-state index is 0.127. The van der Waals surface area contributed by atoms with Crippen LogP contribution in [0.3, 0.4) is 0 Å². The number of hydrogen-bond donors (Lipinski definition) is 0. The van der Waals surface area contributed by atoms with Crippen LogP contribution in [0.15, 0.2) is 39.5 Å². The number of benzene rings is 1. The Morgan fingerprint density at radius 2 is 2.18 bits per heavy atom. The predicted molar refractivity (Wildman–Crippen MR) is 86.3 cm³/mol. The van der Waals surface area contributed by atoms with Gasteiger partial charge in [0.15, 0.2) is 5.78 Å². The molecule has 116 valence electrons. The lowest BCUT2D eigenvalue weighted by molar-refractivity contribution is 0.0945. The zero-order valence-electron chi connectivity index (χ0n) is 12.9. The highest BCUT2D eigenvalue weighted by atomic mass is 16.4. The van der Waals surface area contributed by atoms with Crippen LogP contribution in [-0.4, -0.2) is 30.3 Å². The summed E-state index contributed by atoms with van der Waals surface area (Å²) in [6.45, 7) is 5.05. The number of Topliss-reactive ketones (excluding diaryl/α,β-unsaturated/α-hetero) is 1. The Bertz CT molecular complexity index is 734. The SMILES string of the molecule is CC1CCCN(CCC(=O)c2cc3ccccc3oc2=O)C1. The van der Waals surface area contributed by atoms with Crippen molar-refractivity contribution in [2.24, 2.45) is 5.92 Å². The second kappa shape index (κ2) is 6.44. The van der Waals surface area contributed by atoms with Crippen LogP contribution >= 0.6 is 0 Å². The molecule has 22 heavy (non-hydrogen) atoms. The molecule has 1 aliphatic rings. The summed E-state index contributed by atoms with van der Waals surface area (Å²) < 4.78 is 5.23. The Morgan fingerprint density at radius 1 is 1.36 bits per heavy atom. The quantitative estimate of drug-likeness (QED) is 0.643. The molecule has 4 nitrogen and oxygen atoms in total. The number of hydrogen-bond acceptors (Lipinski definition) is 4. The van der Waals surface area contributed by atoms with Gasteiger partial charge in [-0.1, -0.05) is 25.1 Å². The number of carbonyl (C=O) groups excluding carboxylic acids is 1. The number of piperidine rings is 1. The highest BCUT2D eigenvalue weighted by molar-refractivity contribution is 5.98. The maximum Gasteiger partial charge on any atom is 0.347 e. The monoisotopic (exact) mass is 299 g/mol. The fourth-order valence-electron chi connectivity index (χ4n) is 3.14. The Balaban J connectivity index is 1.72. The summed E-state index contributed by atoms with van der Waals surface area (Å²) >= 11 is 0. The molecule has 2 aromatic rings. The van der Waals surface area contributed by atoms with Crippen LogP contribution in [0, 0.1) is 5.92 Å². The van der Waals surface area contributed by atoms with Crippen molar-refractivity contribution in [3.05, 3.63) is 46.3 Å². The van der Waals surface area contributed by atoms with Gasteiger partial charge < -0.3 is 9.32 Å². The van der Waals surface area contributed by atoms with Crippen molar-refractivity contribution >= 4 is 16.8 Å². The molecule has 1 saturated heterocycles. The first-order valence-electron chi connectivity index (χ1n) is 7.92. The van der Waals surface area contributed by atoms with Crippen molar-refractivity contribution in [2.45, 2.75) is 26.2 Å². The van der Waals surface area contributed by atoms with Gasteiger partial charge in [-0.15, -0.1) is 0 Å². The molecule has 1 fully saturated rings. The number of fused-ring (bicyclic) bond motifs is 1. The Morgan fingerprint density at radius 3 is 3.00 bits per heavy atom. The maximum atomic E-state index is 12.3. The number of likely N-dealkylation sites (tertiary alicyclic amines) is 1. The van der Waals surface area contributed by atoms with Crippen molar-refractivity contribution in [2.75, 3.05) is 19.6 Å². The number of para-hydroxylation sites is 1. The van der Waals surface area contributed by atoms with Crippen molar-refractivity contribution in [3.8, 4) is 0 Å². The molecule has 0 saturated carbocycles. The molecule has 2 heterocycles. The molecule has 0 radical (unpaired) electrons. The average Bonchev–Trinajstić information content (AvgIpc) is 2.52. The van der Waals surface area contributed by atoms with Crippen molar-refractivity contribution < 1.29 is 9.21 Å². The first-order chi connectivity index (χ1) is 10.6. The van der Waals surface area contributed by atoms with E-state index in [1.807, 2.05) is 18.2 Å². The van der Waals surface area contributed by atoms with Gasteiger partial charge in [0.2, 0.25) is 0 Å². The molecule has 0 bridgehead atoms. The van der Waals surface area contributed by atoms with E-state index in [-0.39, 0.29) is 11.3 Å². The fourth-order valence-corrected chi connectivity index (χ4v) is 3.14. The molecule has 1 aliphatic heterocycles. The molecular weight excluding hydrogens is 278 g/mol. The molecule has 0 N–H and O–H groups in total. The molecule has 1 unspecified atom stereocenters. The van der Waals surface area contributed by atoms with Crippen LogP contribution in [0.4, 0.5) is 0 Å². The van der Waals surface area contributed by atoms with E-state index < -0.39 is 5.63 Å². The van der Waals surface area contributed by atoms with E-state index in [1.165, 1.54) is 12.8 Å². The van der Waals surface area contributed by atoms with Crippen molar-refractivity contribution in [1.29, 1.82) is 0 Å². The number of ketones is 1. The van der Waals surface area contributed by atoms with Gasteiger partial charge in [-0.2, -0.15) is 0 Å². The zero-order chi connectivity index (χ0) is 15.5. The largest absolute Gasteiger partial charge is 0.422 e. The van der Waals surface area contributed by atoms with Crippen molar-refractivity contribution in [3.63, 3.8) is 0 Å². The van der Waals surface area contributed by atoms with E-state index in [4.69, 9.17) is 4.42 Å². The summed E-state index contributed by atoms with van der Waals surface area (Å²) in [7, 11) is 0. The van der Waals surface area contributed by atoms with Crippen LogP contribution in [0.5, 0.6) is 0 Å². The number of rotatable bonds is 4. The van der Waals surface area contributed by atoms with Crippen LogP contribution in [-0.2, 0) is 0 Å². The van der Waals surface area contributed by atoms with Crippen LogP contribution < -0.4 is 5.63 Å². The molecular formula is C18H21NO3. The summed E-state index contributed by atoms with van der Waals surface area (Å²) in [6.07, 6.45) is 2.82. The molecule has 1 aromatic carbocycles. The normalized spacial score (nSPS) is 19.4. The molecule has 1 atom stereocenters. The van der Waals surface area contributed by atoms with Crippen LogP contribution in [0.1, 0.15) is 36.5 Å². The number of nitrogens with zero attached hydrogens (tertiary/aromatic N) is 1. The summed E-state index contributed by atoms with van der Waals surface area (Å²) in [5, 5.41) is 0.789. The standard InChI is InChI=1S/C18H21NO3/c1-13-5-4-9-19(12-13)10-8-16(20)15-11-14-6-2-3-7-17(14)22-18(15)21/h2-3,6-7,11,13H,4-5,8-10,12H2,1H3. The summed E-state index contributed by atoms with van der Waals surface area (Å²) in [5.74, 6) is 0.562. The van der Waals surface area contributed by atoms with Crippen LogP contribution in [0.2, 0.25) is 0 Å². The Kier molecular flexibility index (Phi) is 4.39. The average molecular weight is 299 g/mol. The summed E-state index contributed by atoms with van der Waals surface area (Å²) in [4.78, 5) is 26.6. The third kappa shape index (κ3) is 3.28. The predicted octanol–water partition coefficient (Wildman–Crippen LogP) is 3.10. The van der Waals surface area contributed by atoms with E-state index in [0.717, 1.165) is 25.0 Å². The molecule has 1 aromatic heterocycles. The van der Waals surface area contributed by atoms with E-state index in [2.05, 4.69) is 11.8 Å². The van der Waals surface area contributed by atoms with Crippen LogP contribution in [0.25, 0.3) is 11.0 Å².